The lowest BCUT2D eigenvalue weighted by Gasteiger charge is -2.10. The lowest BCUT2D eigenvalue weighted by molar-refractivity contribution is -0.274. The standard InChI is InChI=1S/C26H23F3N4O3S/c1-16-4-3-5-17(2)24(16)31-25(34)33-37-30-15-18-6-9-20(10-7-18)36-32-23-13-8-19-14-21(11-12-22(19)23)35-26(27,28)29/h3-7,9-12,14-15H,8,13H2,1-2H3,(H2,31,33,34)/b30-15?,32-23-. The maximum absolute atomic E-state index is 12.4. The number of nitrogens with zero attached hydrogens (tertiary/aromatic N) is 2. The summed E-state index contributed by atoms with van der Waals surface area (Å²) < 4.78 is 48.0. The molecule has 0 radical (unpaired) electrons. The zero-order valence-electron chi connectivity index (χ0n) is 19.9. The minimum absolute atomic E-state index is 0.249. The molecule has 0 atom stereocenters. The van der Waals surface area contributed by atoms with Crippen molar-refractivity contribution in [3.63, 3.8) is 0 Å². The first kappa shape index (κ1) is 26.1. The molecule has 0 unspecified atom stereocenters. The number of amides is 2. The van der Waals surface area contributed by atoms with Gasteiger partial charge in [-0.2, -0.15) is 0 Å². The van der Waals surface area contributed by atoms with Gasteiger partial charge in [-0.3, -0.25) is 4.72 Å². The van der Waals surface area contributed by atoms with E-state index in [0.29, 0.717) is 24.3 Å². The molecular weight excluding hydrogens is 505 g/mol. The van der Waals surface area contributed by atoms with Crippen molar-refractivity contribution in [3.8, 4) is 11.5 Å². The molecule has 3 aromatic rings. The fraction of sp³-hybridized carbons (Fsp3) is 0.192. The normalized spacial score (nSPS) is 14.0. The zero-order chi connectivity index (χ0) is 26.4. The third kappa shape index (κ3) is 7.26. The predicted molar refractivity (Wildman–Crippen MR) is 138 cm³/mol. The van der Waals surface area contributed by atoms with Crippen LogP contribution < -0.4 is 19.6 Å². The van der Waals surface area contributed by atoms with Crippen LogP contribution >= 0.6 is 12.1 Å². The van der Waals surface area contributed by atoms with Gasteiger partial charge in [0.05, 0.1) is 17.8 Å². The number of hydrogen-bond acceptors (Lipinski definition) is 6. The average molecular weight is 529 g/mol. The maximum atomic E-state index is 12.4. The van der Waals surface area contributed by atoms with Crippen LogP contribution in [0, 0.1) is 13.8 Å². The lowest BCUT2D eigenvalue weighted by atomic mass is 10.1. The molecule has 0 aliphatic heterocycles. The van der Waals surface area contributed by atoms with E-state index in [-0.39, 0.29) is 11.8 Å². The van der Waals surface area contributed by atoms with Gasteiger partial charge in [-0.1, -0.05) is 23.4 Å². The van der Waals surface area contributed by atoms with Gasteiger partial charge in [0.1, 0.15) is 5.75 Å². The minimum Gasteiger partial charge on any atom is -0.406 e. The number of anilines is 1. The fourth-order valence-corrected chi connectivity index (χ4v) is 4.13. The molecule has 0 saturated heterocycles. The number of benzene rings is 3. The number of fused-ring (bicyclic) bond motifs is 1. The second-order valence-electron chi connectivity index (χ2n) is 8.21. The highest BCUT2D eigenvalue weighted by Gasteiger charge is 2.31. The van der Waals surface area contributed by atoms with Crippen LogP contribution in [0.3, 0.4) is 0 Å². The quantitative estimate of drug-likeness (QED) is 0.202. The van der Waals surface area contributed by atoms with Crippen molar-refractivity contribution in [2.75, 3.05) is 5.32 Å². The van der Waals surface area contributed by atoms with Crippen molar-refractivity contribution in [2.45, 2.75) is 33.1 Å². The highest BCUT2D eigenvalue weighted by molar-refractivity contribution is 7.96. The SMILES string of the molecule is Cc1cccc(C)c1NC(=O)NSN=Cc1ccc(O/N=C2/CCc3cc(OC(F)(F)F)ccc32)cc1. The molecule has 11 heteroatoms. The van der Waals surface area contributed by atoms with Crippen LogP contribution in [-0.2, 0) is 6.42 Å². The van der Waals surface area contributed by atoms with E-state index < -0.39 is 6.36 Å². The summed E-state index contributed by atoms with van der Waals surface area (Å²) in [6, 6.07) is 16.6. The van der Waals surface area contributed by atoms with Gasteiger partial charge in [0.15, 0.2) is 5.75 Å². The third-order valence-corrected chi connectivity index (χ3v) is 5.99. The van der Waals surface area contributed by atoms with Gasteiger partial charge in [0.25, 0.3) is 0 Å². The maximum Gasteiger partial charge on any atom is 0.573 e. The largest absolute Gasteiger partial charge is 0.573 e. The van der Waals surface area contributed by atoms with Crippen molar-refractivity contribution in [2.24, 2.45) is 9.55 Å². The molecule has 192 valence electrons. The number of rotatable bonds is 7. The Morgan fingerprint density at radius 1 is 1.00 bits per heavy atom. The van der Waals surface area contributed by atoms with Crippen molar-refractivity contribution in [1.29, 1.82) is 0 Å². The number of nitrogens with one attached hydrogen (secondary N) is 2. The van der Waals surface area contributed by atoms with Crippen LogP contribution in [0.25, 0.3) is 0 Å². The zero-order valence-corrected chi connectivity index (χ0v) is 20.7. The van der Waals surface area contributed by atoms with Gasteiger partial charge in [0.2, 0.25) is 0 Å². The van der Waals surface area contributed by atoms with Gasteiger partial charge < -0.3 is 14.9 Å². The Balaban J connectivity index is 1.27. The highest BCUT2D eigenvalue weighted by atomic mass is 32.2. The summed E-state index contributed by atoms with van der Waals surface area (Å²) in [6.45, 7) is 3.85. The van der Waals surface area contributed by atoms with Gasteiger partial charge in [-0.25, -0.2) is 9.19 Å². The molecule has 37 heavy (non-hydrogen) atoms. The van der Waals surface area contributed by atoms with Crippen LogP contribution in [-0.4, -0.2) is 24.3 Å². The number of carbonyl (C=O) groups excluding carboxylic acids is 1. The molecule has 2 amide bonds. The summed E-state index contributed by atoms with van der Waals surface area (Å²) in [5, 5.41) is 6.99. The number of halogens is 3. The minimum atomic E-state index is -4.73. The van der Waals surface area contributed by atoms with Crippen LogP contribution in [0.5, 0.6) is 11.5 Å². The number of urea groups is 1. The van der Waals surface area contributed by atoms with E-state index >= 15 is 0 Å². The molecule has 3 aromatic carbocycles. The molecule has 4 rings (SSSR count). The first-order valence-electron chi connectivity index (χ1n) is 11.2. The second-order valence-corrected chi connectivity index (χ2v) is 8.81. The van der Waals surface area contributed by atoms with E-state index in [1.165, 1.54) is 12.1 Å². The number of aryl methyl sites for hydroxylation is 3. The predicted octanol–water partition coefficient (Wildman–Crippen LogP) is 6.74. The fourth-order valence-electron chi connectivity index (χ4n) is 3.77. The first-order chi connectivity index (χ1) is 17.7. The molecule has 0 aromatic heterocycles. The van der Waals surface area contributed by atoms with E-state index in [0.717, 1.165) is 45.6 Å². The van der Waals surface area contributed by atoms with Crippen molar-refractivity contribution < 1.29 is 27.5 Å². The van der Waals surface area contributed by atoms with Crippen LogP contribution in [0.2, 0.25) is 0 Å². The van der Waals surface area contributed by atoms with Gasteiger partial charge >= 0.3 is 12.4 Å². The van der Waals surface area contributed by atoms with Crippen molar-refractivity contribution >= 4 is 35.8 Å². The first-order valence-corrected chi connectivity index (χ1v) is 12.0. The summed E-state index contributed by atoms with van der Waals surface area (Å²) in [7, 11) is 0. The van der Waals surface area contributed by atoms with E-state index in [2.05, 4.69) is 24.3 Å². The third-order valence-electron chi connectivity index (χ3n) is 5.51. The summed E-state index contributed by atoms with van der Waals surface area (Å²) in [5.41, 5.74) is 5.61. The Hall–Kier alpha value is -3.99. The Morgan fingerprint density at radius 3 is 2.41 bits per heavy atom. The Morgan fingerprint density at radius 2 is 1.70 bits per heavy atom. The molecular formula is C26H23F3N4O3S. The summed E-state index contributed by atoms with van der Waals surface area (Å²) in [4.78, 5) is 17.6. The van der Waals surface area contributed by atoms with E-state index in [4.69, 9.17) is 4.84 Å². The number of alkyl halides is 3. The molecule has 0 bridgehead atoms. The van der Waals surface area contributed by atoms with Crippen molar-refractivity contribution in [1.82, 2.24) is 4.72 Å². The molecule has 0 saturated carbocycles. The molecule has 1 aliphatic carbocycles. The van der Waals surface area contributed by atoms with Gasteiger partial charge in [0, 0.05) is 17.5 Å². The molecule has 0 spiro atoms. The molecule has 1 aliphatic rings. The molecule has 2 N–H and O–H groups in total. The number of para-hydroxylation sites is 1. The summed E-state index contributed by atoms with van der Waals surface area (Å²) in [5.74, 6) is 0.245. The smallest absolute Gasteiger partial charge is 0.406 e. The van der Waals surface area contributed by atoms with E-state index in [9.17, 15) is 18.0 Å². The Bertz CT molecular complexity index is 1320. The molecule has 0 fully saturated rings. The van der Waals surface area contributed by atoms with Gasteiger partial charge in [-0.15, -0.1) is 13.2 Å². The number of hydrogen-bond donors (Lipinski definition) is 2. The number of oxime groups is 1. The van der Waals surface area contributed by atoms with Gasteiger partial charge in [-0.05, 0) is 91.4 Å². The summed E-state index contributed by atoms with van der Waals surface area (Å²) in [6.07, 6.45) is -2.03. The lowest BCUT2D eigenvalue weighted by Crippen LogP contribution is -2.23. The van der Waals surface area contributed by atoms with E-state index in [1.807, 2.05) is 32.0 Å². The van der Waals surface area contributed by atoms with Crippen molar-refractivity contribution in [3.05, 3.63) is 88.5 Å². The molecule has 0 heterocycles. The second kappa shape index (κ2) is 11.4. The van der Waals surface area contributed by atoms with Crippen LogP contribution in [0.1, 0.15) is 34.2 Å². The van der Waals surface area contributed by atoms with E-state index in [1.54, 1.807) is 36.5 Å². The average Bonchev–Trinajstić information content (AvgIpc) is 3.25. The highest BCUT2D eigenvalue weighted by Crippen LogP contribution is 2.30. The van der Waals surface area contributed by atoms with Crippen LogP contribution in [0.15, 0.2) is 70.2 Å². The Kier molecular flexibility index (Phi) is 8.02. The number of carbonyl (C=O) groups is 1. The molecule has 7 nitrogen and oxygen atoms in total. The summed E-state index contributed by atoms with van der Waals surface area (Å²) >= 11 is 0.899. The Labute approximate surface area is 216 Å². The van der Waals surface area contributed by atoms with Crippen LogP contribution in [0.4, 0.5) is 23.7 Å². The monoisotopic (exact) mass is 528 g/mol. The topological polar surface area (TPSA) is 84.3 Å². The number of ether oxygens (including phenoxy) is 1.